The Balaban J connectivity index is 2.26. The molecule has 8 nitrogen and oxygen atoms in total. The number of nitrogens with two attached hydrogens (primary N) is 2. The molecule has 9 heteroatoms. The standard InChI is InChI=1S/C20H29N5O3S/c1-13(2)17(22)19(27)25(16(26)7-5-4-6-12-21)20-24-23-18(29-20)14-8-10-15(28-3)11-9-14/h8-11,13,17H,4-7,12,21-22H2,1-3H3. The van der Waals surface area contributed by atoms with E-state index >= 15 is 0 Å². The molecule has 158 valence electrons. The number of amides is 2. The van der Waals surface area contributed by atoms with E-state index in [0.717, 1.165) is 29.1 Å². The number of hydrogen-bond donors (Lipinski definition) is 2. The van der Waals surface area contributed by atoms with Gasteiger partial charge >= 0.3 is 0 Å². The molecule has 0 spiro atoms. The lowest BCUT2D eigenvalue weighted by Crippen LogP contribution is -2.49. The zero-order chi connectivity index (χ0) is 21.4. The zero-order valence-corrected chi connectivity index (χ0v) is 17.9. The minimum absolute atomic E-state index is 0.107. The molecule has 0 saturated heterocycles. The first-order valence-electron chi connectivity index (χ1n) is 9.69. The average molecular weight is 420 g/mol. The van der Waals surface area contributed by atoms with E-state index in [1.165, 1.54) is 11.3 Å². The Kier molecular flexibility index (Phi) is 8.69. The number of unbranched alkanes of at least 4 members (excludes halogenated alkanes) is 2. The summed E-state index contributed by atoms with van der Waals surface area (Å²) in [7, 11) is 1.60. The van der Waals surface area contributed by atoms with Gasteiger partial charge in [0.2, 0.25) is 11.0 Å². The van der Waals surface area contributed by atoms with Gasteiger partial charge in [0.25, 0.3) is 5.91 Å². The molecule has 2 amide bonds. The van der Waals surface area contributed by atoms with Crippen LogP contribution in [0.4, 0.5) is 5.13 Å². The smallest absolute Gasteiger partial charge is 0.252 e. The van der Waals surface area contributed by atoms with Crippen molar-refractivity contribution in [2.24, 2.45) is 17.4 Å². The van der Waals surface area contributed by atoms with E-state index in [4.69, 9.17) is 16.2 Å². The van der Waals surface area contributed by atoms with Crippen molar-refractivity contribution in [3.8, 4) is 16.3 Å². The maximum Gasteiger partial charge on any atom is 0.252 e. The molecule has 29 heavy (non-hydrogen) atoms. The van der Waals surface area contributed by atoms with Gasteiger partial charge in [0.05, 0.1) is 13.2 Å². The number of benzene rings is 1. The minimum atomic E-state index is -0.795. The first-order chi connectivity index (χ1) is 13.9. The molecule has 0 bridgehead atoms. The summed E-state index contributed by atoms with van der Waals surface area (Å²) < 4.78 is 5.16. The van der Waals surface area contributed by atoms with Gasteiger partial charge in [-0.05, 0) is 49.6 Å². The number of nitrogens with zero attached hydrogens (tertiary/aromatic N) is 3. The number of carbonyl (C=O) groups is 2. The largest absolute Gasteiger partial charge is 0.497 e. The van der Waals surface area contributed by atoms with Crippen LogP contribution in [-0.2, 0) is 9.59 Å². The summed E-state index contributed by atoms with van der Waals surface area (Å²) in [6.07, 6.45) is 2.55. The molecule has 0 aliphatic carbocycles. The zero-order valence-electron chi connectivity index (χ0n) is 17.1. The van der Waals surface area contributed by atoms with Crippen molar-refractivity contribution < 1.29 is 14.3 Å². The predicted molar refractivity (Wildman–Crippen MR) is 115 cm³/mol. The fourth-order valence-corrected chi connectivity index (χ4v) is 3.50. The highest BCUT2D eigenvalue weighted by Gasteiger charge is 2.32. The maximum absolute atomic E-state index is 12.9. The fraction of sp³-hybridized carbons (Fsp3) is 0.500. The van der Waals surface area contributed by atoms with Gasteiger partial charge in [-0.3, -0.25) is 9.59 Å². The molecule has 0 fully saturated rings. The van der Waals surface area contributed by atoms with Crippen molar-refractivity contribution in [1.82, 2.24) is 10.2 Å². The summed E-state index contributed by atoms with van der Waals surface area (Å²) in [5, 5.41) is 9.12. The summed E-state index contributed by atoms with van der Waals surface area (Å²) >= 11 is 1.18. The first kappa shape index (κ1) is 22.9. The van der Waals surface area contributed by atoms with Crippen LogP contribution >= 0.6 is 11.3 Å². The number of carbonyl (C=O) groups excluding carboxylic acids is 2. The molecule has 2 rings (SSSR count). The molecular formula is C20H29N5O3S. The number of methoxy groups -OCH3 is 1. The molecule has 0 aliphatic heterocycles. The lowest BCUT2D eigenvalue weighted by molar-refractivity contribution is -0.127. The topological polar surface area (TPSA) is 124 Å². The van der Waals surface area contributed by atoms with Crippen molar-refractivity contribution in [2.45, 2.75) is 45.6 Å². The van der Waals surface area contributed by atoms with E-state index in [2.05, 4.69) is 10.2 Å². The normalized spacial score (nSPS) is 12.1. The van der Waals surface area contributed by atoms with Crippen molar-refractivity contribution in [1.29, 1.82) is 0 Å². The number of rotatable bonds is 10. The Labute approximate surface area is 175 Å². The van der Waals surface area contributed by atoms with Crippen molar-refractivity contribution >= 4 is 28.3 Å². The summed E-state index contributed by atoms with van der Waals surface area (Å²) in [4.78, 5) is 26.9. The third kappa shape index (κ3) is 6.06. The summed E-state index contributed by atoms with van der Waals surface area (Å²) in [6, 6.07) is 6.54. The molecular weight excluding hydrogens is 390 g/mol. The van der Waals surface area contributed by atoms with Crippen molar-refractivity contribution in [2.75, 3.05) is 18.6 Å². The molecule has 0 radical (unpaired) electrons. The number of anilines is 1. The monoisotopic (exact) mass is 419 g/mol. The van der Waals surface area contributed by atoms with E-state index in [1.54, 1.807) is 7.11 Å². The van der Waals surface area contributed by atoms with E-state index in [0.29, 0.717) is 18.0 Å². The third-order valence-corrected chi connectivity index (χ3v) is 5.47. The van der Waals surface area contributed by atoms with Gasteiger partial charge in [-0.2, -0.15) is 0 Å². The summed E-state index contributed by atoms with van der Waals surface area (Å²) in [5.74, 6) is -0.156. The first-order valence-corrected chi connectivity index (χ1v) is 10.5. The SMILES string of the molecule is COc1ccc(-c2nnc(N(C(=O)CCCCCN)C(=O)C(N)C(C)C)s2)cc1. The van der Waals surface area contributed by atoms with Crippen LogP contribution in [0.2, 0.25) is 0 Å². The predicted octanol–water partition coefficient (Wildman–Crippen LogP) is 2.58. The molecule has 4 N–H and O–H groups in total. The average Bonchev–Trinajstić information content (AvgIpc) is 3.20. The van der Waals surface area contributed by atoms with E-state index in [1.807, 2.05) is 38.1 Å². The highest BCUT2D eigenvalue weighted by atomic mass is 32.1. The molecule has 1 heterocycles. The van der Waals surface area contributed by atoms with Crippen LogP contribution in [0.25, 0.3) is 10.6 Å². The summed E-state index contributed by atoms with van der Waals surface area (Å²) in [5.41, 5.74) is 12.4. The van der Waals surface area contributed by atoms with Gasteiger partial charge in [0, 0.05) is 12.0 Å². The lowest BCUT2D eigenvalue weighted by Gasteiger charge is -2.23. The van der Waals surface area contributed by atoms with Crippen LogP contribution in [0.1, 0.15) is 39.5 Å². The molecule has 1 aromatic heterocycles. The fourth-order valence-electron chi connectivity index (χ4n) is 2.62. The second-order valence-corrected chi connectivity index (χ2v) is 8.01. The maximum atomic E-state index is 12.9. The lowest BCUT2D eigenvalue weighted by atomic mass is 10.0. The minimum Gasteiger partial charge on any atom is -0.497 e. The van der Waals surface area contributed by atoms with Gasteiger partial charge in [-0.15, -0.1) is 10.2 Å². The summed E-state index contributed by atoms with van der Waals surface area (Å²) in [6.45, 7) is 4.27. The second-order valence-electron chi connectivity index (χ2n) is 7.05. The Bertz CT molecular complexity index is 807. The van der Waals surface area contributed by atoms with E-state index < -0.39 is 11.9 Å². The highest BCUT2D eigenvalue weighted by Crippen LogP contribution is 2.31. The Morgan fingerprint density at radius 1 is 1.14 bits per heavy atom. The molecule has 1 atom stereocenters. The number of imide groups is 1. The second kappa shape index (κ2) is 11.0. The molecule has 1 aromatic carbocycles. The van der Waals surface area contributed by atoms with Crippen LogP contribution in [0.15, 0.2) is 24.3 Å². The molecule has 0 saturated carbocycles. The van der Waals surface area contributed by atoms with Gasteiger partial charge in [0.1, 0.15) is 10.8 Å². The highest BCUT2D eigenvalue weighted by molar-refractivity contribution is 7.18. The van der Waals surface area contributed by atoms with Crippen molar-refractivity contribution in [3.05, 3.63) is 24.3 Å². The molecule has 2 aromatic rings. The van der Waals surface area contributed by atoms with E-state index in [-0.39, 0.29) is 23.4 Å². The number of hydrogen-bond acceptors (Lipinski definition) is 8. The van der Waals surface area contributed by atoms with Crippen LogP contribution in [0.3, 0.4) is 0 Å². The van der Waals surface area contributed by atoms with Gasteiger partial charge < -0.3 is 16.2 Å². The Morgan fingerprint density at radius 2 is 1.83 bits per heavy atom. The Morgan fingerprint density at radius 3 is 2.41 bits per heavy atom. The van der Waals surface area contributed by atoms with Gasteiger partial charge in [-0.25, -0.2) is 4.90 Å². The van der Waals surface area contributed by atoms with Crippen LogP contribution < -0.4 is 21.1 Å². The quantitative estimate of drug-likeness (QED) is 0.567. The molecule has 0 aliphatic rings. The van der Waals surface area contributed by atoms with Gasteiger partial charge in [-0.1, -0.05) is 31.6 Å². The van der Waals surface area contributed by atoms with Crippen molar-refractivity contribution in [3.63, 3.8) is 0 Å². The van der Waals surface area contributed by atoms with Crippen LogP contribution in [0, 0.1) is 5.92 Å². The van der Waals surface area contributed by atoms with Gasteiger partial charge in [0.15, 0.2) is 0 Å². The number of ether oxygens (including phenoxy) is 1. The van der Waals surface area contributed by atoms with Crippen LogP contribution in [-0.4, -0.2) is 41.7 Å². The van der Waals surface area contributed by atoms with E-state index in [9.17, 15) is 9.59 Å². The Hall–Kier alpha value is -2.36. The number of aromatic nitrogens is 2. The van der Waals surface area contributed by atoms with Crippen LogP contribution in [0.5, 0.6) is 5.75 Å². The third-order valence-electron chi connectivity index (χ3n) is 4.51. The molecule has 1 unspecified atom stereocenters.